The number of hydrogen-bond donors (Lipinski definition) is 0. The molecule has 92 valence electrons. The lowest BCUT2D eigenvalue weighted by Crippen LogP contribution is -2.33. The molecule has 0 saturated heterocycles. The van der Waals surface area contributed by atoms with Gasteiger partial charge in [-0.2, -0.15) is 0 Å². The summed E-state index contributed by atoms with van der Waals surface area (Å²) in [6, 6.07) is 9.47. The highest BCUT2D eigenvalue weighted by atomic mass is 16.5. The van der Waals surface area contributed by atoms with E-state index in [1.54, 1.807) is 20.8 Å². The number of esters is 1. The van der Waals surface area contributed by atoms with Crippen LogP contribution in [0, 0.1) is 11.3 Å². The van der Waals surface area contributed by atoms with Crippen molar-refractivity contribution in [3.8, 4) is 0 Å². The molecule has 0 amide bonds. The van der Waals surface area contributed by atoms with Crippen molar-refractivity contribution in [3.05, 3.63) is 35.9 Å². The summed E-state index contributed by atoms with van der Waals surface area (Å²) < 4.78 is 5.22. The van der Waals surface area contributed by atoms with E-state index in [-0.39, 0.29) is 18.5 Å². The van der Waals surface area contributed by atoms with Gasteiger partial charge in [-0.15, -0.1) is 0 Å². The Morgan fingerprint density at radius 2 is 1.94 bits per heavy atom. The van der Waals surface area contributed by atoms with Gasteiger partial charge in [0, 0.05) is 5.92 Å². The zero-order chi connectivity index (χ0) is 12.9. The van der Waals surface area contributed by atoms with E-state index in [1.807, 2.05) is 30.3 Å². The predicted octanol–water partition coefficient (Wildman–Crippen LogP) is 2.59. The maximum atomic E-state index is 11.9. The summed E-state index contributed by atoms with van der Waals surface area (Å²) in [5, 5.41) is 0. The molecule has 1 aromatic rings. The molecule has 0 radical (unpaired) electrons. The van der Waals surface area contributed by atoms with Crippen molar-refractivity contribution in [1.82, 2.24) is 0 Å². The van der Waals surface area contributed by atoms with Crippen molar-refractivity contribution in [2.45, 2.75) is 27.4 Å². The van der Waals surface area contributed by atoms with E-state index in [2.05, 4.69) is 0 Å². The Morgan fingerprint density at radius 3 is 2.47 bits per heavy atom. The lowest BCUT2D eigenvalue weighted by molar-refractivity contribution is -0.159. The number of hydrogen-bond acceptors (Lipinski definition) is 3. The van der Waals surface area contributed by atoms with E-state index < -0.39 is 5.41 Å². The van der Waals surface area contributed by atoms with Crippen LogP contribution >= 0.6 is 0 Å². The molecule has 1 aromatic carbocycles. The van der Waals surface area contributed by atoms with E-state index in [1.165, 1.54) is 0 Å². The second-order valence-electron chi connectivity index (χ2n) is 4.71. The molecule has 0 aromatic heterocycles. The molecule has 0 bridgehead atoms. The molecule has 0 aliphatic carbocycles. The van der Waals surface area contributed by atoms with Gasteiger partial charge in [0.25, 0.3) is 0 Å². The number of aldehydes is 1. The molecule has 1 atom stereocenters. The average Bonchev–Trinajstić information content (AvgIpc) is 2.35. The number of rotatable bonds is 5. The van der Waals surface area contributed by atoms with Crippen LogP contribution in [0.4, 0.5) is 0 Å². The Balaban J connectivity index is 2.58. The largest absolute Gasteiger partial charge is 0.460 e. The molecule has 0 saturated carbocycles. The Morgan fingerprint density at radius 1 is 1.35 bits per heavy atom. The first-order valence-corrected chi connectivity index (χ1v) is 5.65. The van der Waals surface area contributed by atoms with Crippen molar-refractivity contribution in [2.75, 3.05) is 0 Å². The maximum Gasteiger partial charge on any atom is 0.312 e. The first-order chi connectivity index (χ1) is 7.98. The minimum atomic E-state index is -0.781. The third kappa shape index (κ3) is 3.41. The van der Waals surface area contributed by atoms with E-state index >= 15 is 0 Å². The van der Waals surface area contributed by atoms with Crippen LogP contribution in [-0.2, 0) is 20.9 Å². The number of carbonyl (C=O) groups excluding carboxylic acids is 2. The van der Waals surface area contributed by atoms with Crippen molar-refractivity contribution >= 4 is 12.3 Å². The zero-order valence-corrected chi connectivity index (χ0v) is 10.5. The first-order valence-electron chi connectivity index (χ1n) is 5.65. The van der Waals surface area contributed by atoms with Crippen LogP contribution in [0.15, 0.2) is 30.3 Å². The van der Waals surface area contributed by atoms with Crippen LogP contribution < -0.4 is 0 Å². The smallest absolute Gasteiger partial charge is 0.312 e. The normalized spacial score (nSPS) is 12.9. The standard InChI is InChI=1S/C14H18O3/c1-11(9-15)14(2,3)13(16)17-10-12-7-5-4-6-8-12/h4-9,11H,10H2,1-3H3. The molecule has 0 heterocycles. The van der Waals surface area contributed by atoms with Gasteiger partial charge in [0.2, 0.25) is 0 Å². The summed E-state index contributed by atoms with van der Waals surface area (Å²) in [6.07, 6.45) is 0.782. The third-order valence-corrected chi connectivity index (χ3v) is 3.08. The Labute approximate surface area is 102 Å². The summed E-state index contributed by atoms with van der Waals surface area (Å²) in [7, 11) is 0. The van der Waals surface area contributed by atoms with Gasteiger partial charge < -0.3 is 9.53 Å². The maximum absolute atomic E-state index is 11.9. The van der Waals surface area contributed by atoms with Crippen LogP contribution in [0.1, 0.15) is 26.3 Å². The highest BCUT2D eigenvalue weighted by molar-refractivity contribution is 5.80. The fourth-order valence-electron chi connectivity index (χ4n) is 1.27. The second kappa shape index (κ2) is 5.62. The van der Waals surface area contributed by atoms with Crippen molar-refractivity contribution in [2.24, 2.45) is 11.3 Å². The molecule has 1 unspecified atom stereocenters. The molecular weight excluding hydrogens is 216 g/mol. The minimum Gasteiger partial charge on any atom is -0.460 e. The van der Waals surface area contributed by atoms with E-state index in [0.717, 1.165) is 11.8 Å². The number of ether oxygens (including phenoxy) is 1. The summed E-state index contributed by atoms with van der Waals surface area (Å²) in [5.74, 6) is -0.702. The van der Waals surface area contributed by atoms with Gasteiger partial charge in [-0.25, -0.2) is 0 Å². The summed E-state index contributed by atoms with van der Waals surface area (Å²) in [4.78, 5) is 22.6. The first kappa shape index (κ1) is 13.4. The minimum absolute atomic E-state index is 0.245. The van der Waals surface area contributed by atoms with Crippen LogP contribution in [-0.4, -0.2) is 12.3 Å². The summed E-state index contributed by atoms with van der Waals surface area (Å²) >= 11 is 0. The van der Waals surface area contributed by atoms with Gasteiger partial charge in [-0.05, 0) is 19.4 Å². The predicted molar refractivity (Wildman–Crippen MR) is 65.2 cm³/mol. The molecule has 0 aliphatic rings. The lowest BCUT2D eigenvalue weighted by Gasteiger charge is -2.25. The van der Waals surface area contributed by atoms with E-state index in [9.17, 15) is 9.59 Å². The van der Waals surface area contributed by atoms with Crippen LogP contribution in [0.5, 0.6) is 0 Å². The Hall–Kier alpha value is -1.64. The molecule has 1 rings (SSSR count). The van der Waals surface area contributed by atoms with Gasteiger partial charge in [0.15, 0.2) is 0 Å². The fourth-order valence-corrected chi connectivity index (χ4v) is 1.27. The molecule has 0 N–H and O–H groups in total. The van der Waals surface area contributed by atoms with E-state index in [4.69, 9.17) is 4.74 Å². The van der Waals surface area contributed by atoms with E-state index in [0.29, 0.717) is 0 Å². The van der Waals surface area contributed by atoms with Gasteiger partial charge >= 0.3 is 5.97 Å². The molecule has 0 spiro atoms. The van der Waals surface area contributed by atoms with Crippen LogP contribution in [0.25, 0.3) is 0 Å². The highest BCUT2D eigenvalue weighted by Crippen LogP contribution is 2.27. The summed E-state index contributed by atoms with van der Waals surface area (Å²) in [6.45, 7) is 5.41. The lowest BCUT2D eigenvalue weighted by atomic mass is 9.81. The Bertz CT molecular complexity index is 382. The fraction of sp³-hybridized carbons (Fsp3) is 0.429. The van der Waals surface area contributed by atoms with Crippen molar-refractivity contribution < 1.29 is 14.3 Å². The Kier molecular flexibility index (Phi) is 4.44. The van der Waals surface area contributed by atoms with Gasteiger partial charge in [-0.3, -0.25) is 4.79 Å². The van der Waals surface area contributed by atoms with Crippen molar-refractivity contribution in [3.63, 3.8) is 0 Å². The summed E-state index contributed by atoms with van der Waals surface area (Å²) in [5.41, 5.74) is 0.159. The van der Waals surface area contributed by atoms with Crippen LogP contribution in [0.3, 0.4) is 0 Å². The molecule has 0 aliphatic heterocycles. The van der Waals surface area contributed by atoms with Gasteiger partial charge in [0.1, 0.15) is 12.9 Å². The zero-order valence-electron chi connectivity index (χ0n) is 10.5. The SMILES string of the molecule is CC(C=O)C(C)(C)C(=O)OCc1ccccc1. The third-order valence-electron chi connectivity index (χ3n) is 3.08. The van der Waals surface area contributed by atoms with Crippen molar-refractivity contribution in [1.29, 1.82) is 0 Å². The number of benzene rings is 1. The molecule has 3 nitrogen and oxygen atoms in total. The monoisotopic (exact) mass is 234 g/mol. The molecule has 3 heteroatoms. The quantitative estimate of drug-likeness (QED) is 0.581. The second-order valence-corrected chi connectivity index (χ2v) is 4.71. The number of carbonyl (C=O) groups is 2. The average molecular weight is 234 g/mol. The molecular formula is C14H18O3. The highest BCUT2D eigenvalue weighted by Gasteiger charge is 2.35. The van der Waals surface area contributed by atoms with Crippen LogP contribution in [0.2, 0.25) is 0 Å². The molecule has 17 heavy (non-hydrogen) atoms. The topological polar surface area (TPSA) is 43.4 Å². The van der Waals surface area contributed by atoms with Gasteiger partial charge in [-0.1, -0.05) is 37.3 Å². The molecule has 0 fully saturated rings. The van der Waals surface area contributed by atoms with Gasteiger partial charge in [0.05, 0.1) is 5.41 Å².